The van der Waals surface area contributed by atoms with Crippen molar-refractivity contribution in [2.24, 2.45) is 0 Å². The Kier molecular flexibility index (Phi) is 7.88. The smallest absolute Gasteiger partial charge is 0.296 e. The van der Waals surface area contributed by atoms with Gasteiger partial charge in [-0.15, -0.1) is 0 Å². The molecule has 4 heterocycles. The molecule has 12 heteroatoms. The third kappa shape index (κ3) is 4.67. The molecule has 0 aliphatic carbocycles. The standard InChI is InChI=1S/C31H35N3O8S/c1-2-3-14-33-25-9-5-4-8-24(25)31(30(33)38)26(28(36)29(37)34(31)20-22-7-6-17-42-22)27(35)21-10-12-23(13-11-21)43(39,40)32-15-18-41-19-16-32/h4-5,8-13,22,35H,2-3,6-7,14-20H2,1H3/b27-26+. The molecule has 0 aromatic heterocycles. The number of benzene rings is 2. The first-order chi connectivity index (χ1) is 20.7. The van der Waals surface area contributed by atoms with Crippen molar-refractivity contribution in [3.63, 3.8) is 0 Å². The summed E-state index contributed by atoms with van der Waals surface area (Å²) in [7, 11) is -3.80. The topological polar surface area (TPSA) is 134 Å². The Hall–Kier alpha value is -3.58. The van der Waals surface area contributed by atoms with Crippen LogP contribution in [-0.4, -0.2) is 92.4 Å². The van der Waals surface area contributed by atoms with Gasteiger partial charge in [0, 0.05) is 43.9 Å². The number of carbonyl (C=O) groups is 3. The van der Waals surface area contributed by atoms with E-state index in [2.05, 4.69) is 0 Å². The van der Waals surface area contributed by atoms with E-state index in [-0.39, 0.29) is 41.8 Å². The number of para-hydroxylation sites is 1. The minimum atomic E-state index is -3.80. The maximum atomic E-state index is 14.6. The van der Waals surface area contributed by atoms with E-state index >= 15 is 0 Å². The number of likely N-dealkylation sites (tertiary alicyclic amines) is 1. The summed E-state index contributed by atoms with van der Waals surface area (Å²) in [6, 6.07) is 12.5. The maximum Gasteiger partial charge on any atom is 0.296 e. The van der Waals surface area contributed by atoms with E-state index in [0.29, 0.717) is 50.5 Å². The molecule has 11 nitrogen and oxygen atoms in total. The summed E-state index contributed by atoms with van der Waals surface area (Å²) >= 11 is 0. The molecule has 4 aliphatic heterocycles. The van der Waals surface area contributed by atoms with Crippen molar-refractivity contribution >= 4 is 39.1 Å². The number of ketones is 1. The third-order valence-electron chi connectivity index (χ3n) is 8.69. The predicted octanol–water partition coefficient (Wildman–Crippen LogP) is 2.61. The monoisotopic (exact) mass is 609 g/mol. The number of Topliss-reactive ketones (excluding diaryl/α,β-unsaturated/α-hetero) is 1. The van der Waals surface area contributed by atoms with Crippen LogP contribution >= 0.6 is 0 Å². The Morgan fingerprint density at radius 1 is 1.02 bits per heavy atom. The Morgan fingerprint density at radius 2 is 1.74 bits per heavy atom. The van der Waals surface area contributed by atoms with Crippen LogP contribution in [0.3, 0.4) is 0 Å². The molecule has 0 radical (unpaired) electrons. The number of ether oxygens (including phenoxy) is 2. The maximum absolute atomic E-state index is 14.6. The van der Waals surface area contributed by atoms with Crippen molar-refractivity contribution in [3.05, 3.63) is 65.2 Å². The lowest BCUT2D eigenvalue weighted by molar-refractivity contribution is -0.145. The van der Waals surface area contributed by atoms with E-state index in [9.17, 15) is 27.9 Å². The second-order valence-electron chi connectivity index (χ2n) is 11.2. The van der Waals surface area contributed by atoms with E-state index < -0.39 is 38.9 Å². The molecule has 1 spiro atoms. The zero-order valence-electron chi connectivity index (χ0n) is 24.0. The number of amides is 2. The van der Waals surface area contributed by atoms with Gasteiger partial charge in [0.1, 0.15) is 5.76 Å². The van der Waals surface area contributed by atoms with Crippen molar-refractivity contribution in [3.8, 4) is 0 Å². The highest BCUT2D eigenvalue weighted by atomic mass is 32.2. The summed E-state index contributed by atoms with van der Waals surface area (Å²) in [5.41, 5.74) is -1.06. The summed E-state index contributed by atoms with van der Waals surface area (Å²) in [4.78, 5) is 45.1. The minimum absolute atomic E-state index is 0.0137. The Morgan fingerprint density at radius 3 is 2.42 bits per heavy atom. The summed E-state index contributed by atoms with van der Waals surface area (Å²) in [5, 5.41) is 11.8. The largest absolute Gasteiger partial charge is 0.507 e. The molecule has 2 aromatic carbocycles. The van der Waals surface area contributed by atoms with Gasteiger partial charge in [-0.3, -0.25) is 14.4 Å². The number of hydrogen-bond acceptors (Lipinski definition) is 8. The van der Waals surface area contributed by atoms with Crippen LogP contribution in [0, 0.1) is 0 Å². The molecule has 3 fully saturated rings. The fourth-order valence-corrected chi connectivity index (χ4v) is 7.92. The molecule has 2 atom stereocenters. The number of carbonyl (C=O) groups excluding carboxylic acids is 3. The number of morpholine rings is 1. The van der Waals surface area contributed by atoms with Crippen LogP contribution in [-0.2, 0) is 39.4 Å². The lowest BCUT2D eigenvalue weighted by Gasteiger charge is -2.35. The van der Waals surface area contributed by atoms with Crippen molar-refractivity contribution in [1.82, 2.24) is 9.21 Å². The van der Waals surface area contributed by atoms with Gasteiger partial charge in [-0.2, -0.15) is 4.31 Å². The van der Waals surface area contributed by atoms with Crippen LogP contribution in [0.4, 0.5) is 5.69 Å². The first-order valence-corrected chi connectivity index (χ1v) is 16.2. The molecule has 2 aromatic rings. The normalized spacial score (nSPS) is 25.7. The van der Waals surface area contributed by atoms with Crippen molar-refractivity contribution < 1.29 is 37.4 Å². The highest BCUT2D eigenvalue weighted by Crippen LogP contribution is 2.54. The predicted molar refractivity (Wildman–Crippen MR) is 157 cm³/mol. The van der Waals surface area contributed by atoms with Gasteiger partial charge < -0.3 is 24.4 Å². The molecule has 3 saturated heterocycles. The highest BCUT2D eigenvalue weighted by molar-refractivity contribution is 7.89. The van der Waals surface area contributed by atoms with Gasteiger partial charge in [-0.25, -0.2) is 8.42 Å². The van der Waals surface area contributed by atoms with E-state index in [4.69, 9.17) is 9.47 Å². The van der Waals surface area contributed by atoms with Crippen LogP contribution in [0.1, 0.15) is 43.7 Å². The molecule has 0 saturated carbocycles. The number of fused-ring (bicyclic) bond motifs is 2. The summed E-state index contributed by atoms with van der Waals surface area (Å²) in [6.45, 7) is 3.99. The Bertz CT molecular complexity index is 1580. The number of rotatable bonds is 8. The molecule has 4 aliphatic rings. The first-order valence-electron chi connectivity index (χ1n) is 14.7. The average molecular weight is 610 g/mol. The number of anilines is 1. The number of aliphatic hydroxyl groups excluding tert-OH is 1. The Labute approximate surface area is 250 Å². The Balaban J connectivity index is 1.49. The fraction of sp³-hybridized carbons (Fsp3) is 0.452. The van der Waals surface area contributed by atoms with Gasteiger partial charge in [-0.1, -0.05) is 31.5 Å². The van der Waals surface area contributed by atoms with Gasteiger partial charge in [0.05, 0.1) is 35.5 Å². The number of hydrogen-bond donors (Lipinski definition) is 1. The zero-order chi connectivity index (χ0) is 30.4. The van der Waals surface area contributed by atoms with Gasteiger partial charge in [-0.05, 0) is 49.6 Å². The summed E-state index contributed by atoms with van der Waals surface area (Å²) in [5.74, 6) is -2.87. The molecular formula is C31H35N3O8S. The van der Waals surface area contributed by atoms with Gasteiger partial charge in [0.2, 0.25) is 10.0 Å². The second-order valence-corrected chi connectivity index (χ2v) is 13.1. The van der Waals surface area contributed by atoms with E-state index in [1.807, 2.05) is 6.92 Å². The quantitative estimate of drug-likeness (QED) is 0.274. The SMILES string of the molecule is CCCCN1C(=O)C2(/C(=C(/O)c3ccc(S(=O)(=O)N4CCOCC4)cc3)C(=O)C(=O)N2CC2CCCO2)c2ccccc21. The third-order valence-corrected chi connectivity index (χ3v) is 10.6. The highest BCUT2D eigenvalue weighted by Gasteiger charge is 2.67. The van der Waals surface area contributed by atoms with Gasteiger partial charge >= 0.3 is 0 Å². The molecule has 6 rings (SSSR count). The zero-order valence-corrected chi connectivity index (χ0v) is 24.8. The molecule has 228 valence electrons. The molecule has 1 N–H and O–H groups in total. The van der Waals surface area contributed by atoms with Crippen molar-refractivity contribution in [2.45, 2.75) is 49.1 Å². The minimum Gasteiger partial charge on any atom is -0.507 e. The van der Waals surface area contributed by atoms with Gasteiger partial charge in [0.25, 0.3) is 17.6 Å². The van der Waals surface area contributed by atoms with Crippen LogP contribution in [0.2, 0.25) is 0 Å². The van der Waals surface area contributed by atoms with Crippen LogP contribution in [0.25, 0.3) is 5.76 Å². The molecule has 0 bridgehead atoms. The van der Waals surface area contributed by atoms with E-state index in [0.717, 1.165) is 12.8 Å². The summed E-state index contributed by atoms with van der Waals surface area (Å²) in [6.07, 6.45) is 2.64. The van der Waals surface area contributed by atoms with Gasteiger partial charge in [0.15, 0.2) is 5.54 Å². The fourth-order valence-electron chi connectivity index (χ4n) is 6.51. The molecular weight excluding hydrogens is 574 g/mol. The number of unbranched alkanes of at least 4 members (excludes halogenated alkanes) is 1. The lowest BCUT2D eigenvalue weighted by atomic mass is 9.81. The molecule has 2 unspecified atom stereocenters. The number of aliphatic hydroxyl groups is 1. The van der Waals surface area contributed by atoms with E-state index in [1.165, 1.54) is 33.5 Å². The first kappa shape index (κ1) is 29.5. The molecule has 2 amide bonds. The van der Waals surface area contributed by atoms with Crippen LogP contribution < -0.4 is 4.90 Å². The van der Waals surface area contributed by atoms with Crippen LogP contribution in [0.5, 0.6) is 0 Å². The lowest BCUT2D eigenvalue weighted by Crippen LogP contribution is -2.54. The van der Waals surface area contributed by atoms with Crippen molar-refractivity contribution in [2.75, 3.05) is 50.9 Å². The van der Waals surface area contributed by atoms with Crippen molar-refractivity contribution in [1.29, 1.82) is 0 Å². The molecule has 43 heavy (non-hydrogen) atoms. The van der Waals surface area contributed by atoms with E-state index in [1.54, 1.807) is 29.2 Å². The van der Waals surface area contributed by atoms with Crippen LogP contribution in [0.15, 0.2) is 59.0 Å². The average Bonchev–Trinajstić information content (AvgIpc) is 3.69. The summed E-state index contributed by atoms with van der Waals surface area (Å²) < 4.78 is 38.7. The second kappa shape index (κ2) is 11.5. The number of nitrogens with zero attached hydrogens (tertiary/aromatic N) is 3. The number of sulfonamides is 1.